The summed E-state index contributed by atoms with van der Waals surface area (Å²) in [5, 5.41) is 10.7. The zero-order chi connectivity index (χ0) is 18.6. The van der Waals surface area contributed by atoms with E-state index in [0.717, 1.165) is 16.4 Å². The van der Waals surface area contributed by atoms with Gasteiger partial charge in [0, 0.05) is 12.7 Å². The molecule has 0 aromatic heterocycles. The van der Waals surface area contributed by atoms with Crippen LogP contribution in [0.1, 0.15) is 32.4 Å². The fraction of sp³-hybridized carbons (Fsp3) is 0.444. The second kappa shape index (κ2) is 8.29. The van der Waals surface area contributed by atoms with Crippen LogP contribution in [0.5, 0.6) is 11.5 Å². The van der Waals surface area contributed by atoms with E-state index in [0.29, 0.717) is 24.5 Å². The Kier molecular flexibility index (Phi) is 6.36. The summed E-state index contributed by atoms with van der Waals surface area (Å²) in [6, 6.07) is 4.53. The number of amidine groups is 1. The third-order valence-corrected chi connectivity index (χ3v) is 4.71. The lowest BCUT2D eigenvalue weighted by Crippen LogP contribution is -2.32. The summed E-state index contributed by atoms with van der Waals surface area (Å²) in [6.45, 7) is 6.24. The van der Waals surface area contributed by atoms with Crippen LogP contribution in [0.4, 0.5) is 0 Å². The van der Waals surface area contributed by atoms with Crippen LogP contribution in [0.3, 0.4) is 0 Å². The van der Waals surface area contributed by atoms with Gasteiger partial charge in [-0.25, -0.2) is 9.79 Å². The number of phenols is 1. The van der Waals surface area contributed by atoms with Gasteiger partial charge >= 0.3 is 5.97 Å². The molecular formula is C18H24N2O4S. The summed E-state index contributed by atoms with van der Waals surface area (Å²) >= 11 is 1.51. The van der Waals surface area contributed by atoms with Gasteiger partial charge in [0.1, 0.15) is 6.04 Å². The van der Waals surface area contributed by atoms with Crippen LogP contribution < -0.4 is 4.74 Å². The van der Waals surface area contributed by atoms with Gasteiger partial charge in [-0.1, -0.05) is 17.8 Å². The summed E-state index contributed by atoms with van der Waals surface area (Å²) in [4.78, 5) is 19.2. The number of ether oxygens (including phenoxy) is 2. The van der Waals surface area contributed by atoms with Crippen molar-refractivity contribution in [3.05, 3.63) is 35.0 Å². The molecule has 0 amide bonds. The van der Waals surface area contributed by atoms with E-state index in [-0.39, 0.29) is 11.7 Å². The Morgan fingerprint density at radius 3 is 2.68 bits per heavy atom. The molecule has 136 valence electrons. The molecule has 7 heteroatoms. The normalized spacial score (nSPS) is 17.4. The average Bonchev–Trinajstić information content (AvgIpc) is 2.59. The highest BCUT2D eigenvalue weighted by Crippen LogP contribution is 2.38. The Hall–Kier alpha value is -2.15. The molecule has 0 saturated carbocycles. The third kappa shape index (κ3) is 3.92. The summed E-state index contributed by atoms with van der Waals surface area (Å²) in [6.07, 6.45) is 1.94. The molecule has 1 aromatic rings. The number of benzene rings is 1. The highest BCUT2D eigenvalue weighted by Gasteiger charge is 2.33. The van der Waals surface area contributed by atoms with Gasteiger partial charge in [0.15, 0.2) is 16.7 Å². The molecule has 1 heterocycles. The topological polar surface area (TPSA) is 71.4 Å². The van der Waals surface area contributed by atoms with Crippen LogP contribution in [0.25, 0.3) is 0 Å². The van der Waals surface area contributed by atoms with E-state index in [1.807, 2.05) is 32.1 Å². The van der Waals surface area contributed by atoms with Gasteiger partial charge < -0.3 is 19.5 Å². The molecule has 0 bridgehead atoms. The number of hydrogen-bond acceptors (Lipinski definition) is 7. The molecule has 1 atom stereocenters. The standard InChI is InChI=1S/C18H24N2O4S/c1-6-23-14-10-12(8-9-13(14)21)16-15(17(22)24-7-2)11(3)20(4)18(19-16)25-5/h8-10,16,21H,6-7H2,1-5H3/t16-/m1/s1. The number of allylic oxidation sites excluding steroid dienone is 1. The Morgan fingerprint density at radius 2 is 2.08 bits per heavy atom. The average molecular weight is 364 g/mol. The summed E-state index contributed by atoms with van der Waals surface area (Å²) in [5.41, 5.74) is 2.06. The number of aliphatic imine (C=N–C) groups is 1. The minimum atomic E-state index is -0.502. The zero-order valence-corrected chi connectivity index (χ0v) is 16.0. The van der Waals surface area contributed by atoms with Crippen LogP contribution in [0.2, 0.25) is 0 Å². The maximum absolute atomic E-state index is 12.5. The molecule has 2 rings (SSSR count). The van der Waals surface area contributed by atoms with Crippen LogP contribution in [-0.2, 0) is 9.53 Å². The number of rotatable bonds is 5. The van der Waals surface area contributed by atoms with Crippen LogP contribution >= 0.6 is 11.8 Å². The second-order valence-electron chi connectivity index (χ2n) is 5.46. The van der Waals surface area contributed by atoms with Gasteiger partial charge in [-0.2, -0.15) is 0 Å². The Labute approximate surface area is 152 Å². The number of carbonyl (C=O) groups is 1. The molecule has 1 aliphatic heterocycles. The minimum absolute atomic E-state index is 0.0611. The lowest BCUT2D eigenvalue weighted by Gasteiger charge is -2.31. The molecular weight excluding hydrogens is 340 g/mol. The monoisotopic (exact) mass is 364 g/mol. The minimum Gasteiger partial charge on any atom is -0.504 e. The quantitative estimate of drug-likeness (QED) is 0.808. The van der Waals surface area contributed by atoms with E-state index in [1.165, 1.54) is 11.8 Å². The molecule has 0 saturated heterocycles. The van der Waals surface area contributed by atoms with Crippen molar-refractivity contribution < 1.29 is 19.4 Å². The SMILES string of the molecule is CCOC(=O)C1=C(C)N(C)C(SC)=N[C@@H]1c1ccc(O)c(OCC)c1. The van der Waals surface area contributed by atoms with Crippen molar-refractivity contribution in [3.63, 3.8) is 0 Å². The van der Waals surface area contributed by atoms with Gasteiger partial charge in [0.05, 0.1) is 18.8 Å². The van der Waals surface area contributed by atoms with E-state index in [4.69, 9.17) is 14.5 Å². The number of thioether (sulfide) groups is 1. The fourth-order valence-electron chi connectivity index (χ4n) is 2.65. The van der Waals surface area contributed by atoms with Crippen molar-refractivity contribution >= 4 is 22.9 Å². The van der Waals surface area contributed by atoms with Crippen molar-refractivity contribution in [2.24, 2.45) is 4.99 Å². The van der Waals surface area contributed by atoms with Crippen LogP contribution in [0.15, 0.2) is 34.5 Å². The second-order valence-corrected chi connectivity index (χ2v) is 6.23. The van der Waals surface area contributed by atoms with Gasteiger partial charge in [0.25, 0.3) is 0 Å². The van der Waals surface area contributed by atoms with E-state index < -0.39 is 6.04 Å². The molecule has 1 aromatic carbocycles. The predicted molar refractivity (Wildman–Crippen MR) is 100 cm³/mol. The predicted octanol–water partition coefficient (Wildman–Crippen LogP) is 3.33. The van der Waals surface area contributed by atoms with Crippen molar-refractivity contribution in [2.45, 2.75) is 26.8 Å². The van der Waals surface area contributed by atoms with E-state index in [2.05, 4.69) is 0 Å². The lowest BCUT2D eigenvalue weighted by atomic mass is 9.96. The molecule has 0 spiro atoms. The van der Waals surface area contributed by atoms with E-state index in [9.17, 15) is 9.90 Å². The first kappa shape index (κ1) is 19.2. The van der Waals surface area contributed by atoms with E-state index in [1.54, 1.807) is 25.1 Å². The van der Waals surface area contributed by atoms with Gasteiger partial charge in [-0.15, -0.1) is 0 Å². The van der Waals surface area contributed by atoms with Gasteiger partial charge in [0.2, 0.25) is 0 Å². The molecule has 1 N–H and O–H groups in total. The Bertz CT molecular complexity index is 715. The number of nitrogens with zero attached hydrogens (tertiary/aromatic N) is 2. The first-order valence-corrected chi connectivity index (χ1v) is 9.36. The zero-order valence-electron chi connectivity index (χ0n) is 15.2. The summed E-state index contributed by atoms with van der Waals surface area (Å²) in [5.74, 6) is 0.0541. The largest absolute Gasteiger partial charge is 0.504 e. The number of carbonyl (C=O) groups excluding carboxylic acids is 1. The molecule has 25 heavy (non-hydrogen) atoms. The van der Waals surface area contributed by atoms with Crippen molar-refractivity contribution in [1.82, 2.24) is 4.90 Å². The highest BCUT2D eigenvalue weighted by molar-refractivity contribution is 8.13. The Morgan fingerprint density at radius 1 is 1.36 bits per heavy atom. The van der Waals surface area contributed by atoms with Crippen LogP contribution in [-0.4, -0.2) is 47.7 Å². The van der Waals surface area contributed by atoms with Crippen molar-refractivity contribution in [3.8, 4) is 11.5 Å². The fourth-order valence-corrected chi connectivity index (χ4v) is 3.28. The van der Waals surface area contributed by atoms with Crippen LogP contribution in [0, 0.1) is 0 Å². The third-order valence-electron chi connectivity index (χ3n) is 3.97. The van der Waals surface area contributed by atoms with E-state index >= 15 is 0 Å². The molecule has 0 fully saturated rings. The first-order chi connectivity index (χ1) is 11.9. The van der Waals surface area contributed by atoms with Crippen molar-refractivity contribution in [1.29, 1.82) is 0 Å². The van der Waals surface area contributed by atoms with Crippen molar-refractivity contribution in [2.75, 3.05) is 26.5 Å². The Balaban J connectivity index is 2.55. The number of phenolic OH excluding ortho intramolecular Hbond substituents is 1. The highest BCUT2D eigenvalue weighted by atomic mass is 32.2. The molecule has 6 nitrogen and oxygen atoms in total. The van der Waals surface area contributed by atoms with Gasteiger partial charge in [-0.3, -0.25) is 0 Å². The smallest absolute Gasteiger partial charge is 0.338 e. The number of hydrogen-bond donors (Lipinski definition) is 1. The molecule has 0 aliphatic carbocycles. The molecule has 0 unspecified atom stereocenters. The maximum atomic E-state index is 12.5. The lowest BCUT2D eigenvalue weighted by molar-refractivity contribution is -0.139. The van der Waals surface area contributed by atoms with Gasteiger partial charge in [-0.05, 0) is 44.7 Å². The first-order valence-electron chi connectivity index (χ1n) is 8.13. The molecule has 1 aliphatic rings. The number of esters is 1. The number of aromatic hydroxyl groups is 1. The summed E-state index contributed by atoms with van der Waals surface area (Å²) in [7, 11) is 1.88. The maximum Gasteiger partial charge on any atom is 0.338 e. The molecule has 0 radical (unpaired) electrons. The summed E-state index contributed by atoms with van der Waals surface area (Å²) < 4.78 is 10.7.